The number of carbonyl (C=O) groups excluding carboxylic acids is 2. The molecule has 0 spiro atoms. The van der Waals surface area contributed by atoms with E-state index in [9.17, 15) is 9.59 Å². The van der Waals surface area contributed by atoms with Crippen LogP contribution in [0.3, 0.4) is 0 Å². The Kier molecular flexibility index (Phi) is 5.69. The van der Waals surface area contributed by atoms with E-state index in [1.54, 1.807) is 18.3 Å². The highest BCUT2D eigenvalue weighted by Crippen LogP contribution is 2.49. The highest BCUT2D eigenvalue weighted by atomic mass is 16.6. The maximum Gasteiger partial charge on any atom is 0.304 e. The Morgan fingerprint density at radius 2 is 1.87 bits per heavy atom. The van der Waals surface area contributed by atoms with E-state index >= 15 is 0 Å². The van der Waals surface area contributed by atoms with Gasteiger partial charge >= 0.3 is 5.97 Å². The maximum absolute atomic E-state index is 12.9. The van der Waals surface area contributed by atoms with Gasteiger partial charge in [0.2, 0.25) is 11.4 Å². The second kappa shape index (κ2) is 7.53. The van der Waals surface area contributed by atoms with Crippen LogP contribution in [0.4, 0.5) is 0 Å². The summed E-state index contributed by atoms with van der Waals surface area (Å²) in [4.78, 5) is 28.9. The summed E-state index contributed by atoms with van der Waals surface area (Å²) in [6, 6.07) is 5.38. The molecule has 1 aliphatic carbocycles. The van der Waals surface area contributed by atoms with Gasteiger partial charge in [-0.25, -0.2) is 0 Å². The lowest BCUT2D eigenvalue weighted by molar-refractivity contribution is -0.165. The molecule has 1 heterocycles. The second-order valence-electron chi connectivity index (χ2n) is 5.98. The van der Waals surface area contributed by atoms with E-state index in [1.807, 2.05) is 6.07 Å². The van der Waals surface area contributed by atoms with Crippen LogP contribution in [0, 0.1) is 0 Å². The predicted molar refractivity (Wildman–Crippen MR) is 88.8 cm³/mol. The minimum Gasteiger partial charge on any atom is -0.439 e. The number of ether oxygens (including phenoxy) is 1. The molecule has 124 valence electrons. The van der Waals surface area contributed by atoms with Crippen molar-refractivity contribution in [1.82, 2.24) is 4.98 Å². The second-order valence-corrected chi connectivity index (χ2v) is 5.98. The molecule has 1 atom stereocenters. The summed E-state index contributed by atoms with van der Waals surface area (Å²) in [5.41, 5.74) is 1.02. The molecule has 0 radical (unpaired) electrons. The molecule has 1 aromatic heterocycles. The Bertz CT molecular complexity index is 606. The maximum atomic E-state index is 12.9. The zero-order valence-electron chi connectivity index (χ0n) is 14.2. The predicted octanol–water partition coefficient (Wildman–Crippen LogP) is 4.10. The van der Waals surface area contributed by atoms with E-state index in [1.165, 1.54) is 6.92 Å². The molecule has 1 aliphatic rings. The molecule has 2 rings (SSSR count). The Morgan fingerprint density at radius 1 is 1.17 bits per heavy atom. The van der Waals surface area contributed by atoms with Gasteiger partial charge in [0.1, 0.15) is 0 Å². The highest BCUT2D eigenvalue weighted by Gasteiger charge is 2.57. The quantitative estimate of drug-likeness (QED) is 0.678. The van der Waals surface area contributed by atoms with E-state index in [-0.39, 0.29) is 5.78 Å². The smallest absolute Gasteiger partial charge is 0.304 e. The summed E-state index contributed by atoms with van der Waals surface area (Å²) < 4.78 is 5.58. The number of hydrogen-bond acceptors (Lipinski definition) is 4. The van der Waals surface area contributed by atoms with Crippen LogP contribution >= 0.6 is 0 Å². The number of rotatable bonds is 8. The van der Waals surface area contributed by atoms with Crippen LogP contribution in [-0.4, -0.2) is 16.7 Å². The summed E-state index contributed by atoms with van der Waals surface area (Å²) in [5, 5.41) is 0. The molecule has 0 fully saturated rings. The first kappa shape index (κ1) is 17.4. The minimum absolute atomic E-state index is 0.0917. The van der Waals surface area contributed by atoms with E-state index in [4.69, 9.17) is 4.74 Å². The van der Waals surface area contributed by atoms with Gasteiger partial charge in [-0.1, -0.05) is 32.8 Å². The number of unbranched alkanes of at least 4 members (excludes halogenated alkanes) is 2. The van der Waals surface area contributed by atoms with Gasteiger partial charge in [0, 0.05) is 18.7 Å². The van der Waals surface area contributed by atoms with Crippen molar-refractivity contribution in [3.05, 3.63) is 41.2 Å². The van der Waals surface area contributed by atoms with E-state index in [0.717, 1.165) is 49.7 Å². The van der Waals surface area contributed by atoms with Gasteiger partial charge in [-0.15, -0.1) is 0 Å². The molecule has 0 aliphatic heterocycles. The van der Waals surface area contributed by atoms with Crippen LogP contribution in [0.25, 0.3) is 0 Å². The number of pyridine rings is 1. The summed E-state index contributed by atoms with van der Waals surface area (Å²) in [7, 11) is 0. The number of hydrogen-bond donors (Lipinski definition) is 0. The molecular formula is C19H25NO3. The molecular weight excluding hydrogens is 290 g/mol. The van der Waals surface area contributed by atoms with Crippen LogP contribution in [0.15, 0.2) is 35.5 Å². The van der Waals surface area contributed by atoms with E-state index in [2.05, 4.69) is 18.8 Å². The van der Waals surface area contributed by atoms with Gasteiger partial charge < -0.3 is 4.74 Å². The van der Waals surface area contributed by atoms with Crippen LogP contribution in [0.5, 0.6) is 0 Å². The van der Waals surface area contributed by atoms with Crippen LogP contribution < -0.4 is 0 Å². The fourth-order valence-electron chi connectivity index (χ4n) is 3.15. The van der Waals surface area contributed by atoms with Crippen molar-refractivity contribution in [2.45, 2.75) is 64.9 Å². The third kappa shape index (κ3) is 3.21. The zero-order valence-corrected chi connectivity index (χ0v) is 14.2. The lowest BCUT2D eigenvalue weighted by Crippen LogP contribution is -2.52. The largest absolute Gasteiger partial charge is 0.439 e. The number of Topliss-reactive ketones (excluding diaryl/α,β-unsaturated/α-hetero) is 1. The molecule has 4 heteroatoms. The van der Waals surface area contributed by atoms with Gasteiger partial charge in [0.05, 0.1) is 5.69 Å². The molecule has 1 unspecified atom stereocenters. The monoisotopic (exact) mass is 315 g/mol. The van der Waals surface area contributed by atoms with Crippen molar-refractivity contribution in [3.63, 3.8) is 0 Å². The molecule has 1 aromatic rings. The van der Waals surface area contributed by atoms with E-state index < -0.39 is 11.6 Å². The number of nitrogens with zero attached hydrogens (tertiary/aromatic N) is 1. The van der Waals surface area contributed by atoms with Crippen molar-refractivity contribution < 1.29 is 14.3 Å². The highest BCUT2D eigenvalue weighted by molar-refractivity contribution is 6.13. The summed E-state index contributed by atoms with van der Waals surface area (Å²) in [6.07, 6.45) is 7.15. The first-order chi connectivity index (χ1) is 11.1. The topological polar surface area (TPSA) is 56.3 Å². The molecule has 23 heavy (non-hydrogen) atoms. The van der Waals surface area contributed by atoms with Gasteiger partial charge in [0.25, 0.3) is 0 Å². The minimum atomic E-state index is -1.29. The van der Waals surface area contributed by atoms with Crippen LogP contribution in [0.2, 0.25) is 0 Å². The third-order valence-electron chi connectivity index (χ3n) is 4.27. The van der Waals surface area contributed by atoms with Crippen molar-refractivity contribution in [3.8, 4) is 0 Å². The van der Waals surface area contributed by atoms with Crippen molar-refractivity contribution >= 4 is 11.8 Å². The Balaban J connectivity index is 2.49. The standard InChI is InChI=1S/C19H25NO3/c1-4-6-10-15-16(11-7-5-2)19(18(15)22,23-14(3)21)17-12-8-9-13-20-17/h8-9,12-13H,4-7,10-11H2,1-3H3. The Morgan fingerprint density at radius 3 is 2.43 bits per heavy atom. The molecule has 4 nitrogen and oxygen atoms in total. The number of esters is 1. The Labute approximate surface area is 138 Å². The number of aromatic nitrogens is 1. The number of carbonyl (C=O) groups is 2. The number of ketones is 1. The van der Waals surface area contributed by atoms with Crippen LogP contribution in [-0.2, 0) is 19.9 Å². The summed E-state index contributed by atoms with van der Waals surface area (Å²) >= 11 is 0. The lowest BCUT2D eigenvalue weighted by Gasteiger charge is -2.43. The molecule has 0 bridgehead atoms. The molecule has 0 saturated carbocycles. The van der Waals surface area contributed by atoms with Crippen molar-refractivity contribution in [2.75, 3.05) is 0 Å². The summed E-state index contributed by atoms with van der Waals surface area (Å²) in [6.45, 7) is 5.56. The molecule has 0 saturated heterocycles. The zero-order chi connectivity index (χ0) is 16.9. The van der Waals surface area contributed by atoms with Crippen molar-refractivity contribution in [1.29, 1.82) is 0 Å². The third-order valence-corrected chi connectivity index (χ3v) is 4.27. The lowest BCUT2D eigenvalue weighted by atomic mass is 9.66. The Hall–Kier alpha value is -1.97. The molecule has 0 aromatic carbocycles. The van der Waals surface area contributed by atoms with Gasteiger partial charge in [-0.05, 0) is 43.4 Å². The van der Waals surface area contributed by atoms with Gasteiger partial charge in [-0.3, -0.25) is 14.6 Å². The molecule has 0 N–H and O–H groups in total. The first-order valence-electron chi connectivity index (χ1n) is 8.46. The fraction of sp³-hybridized carbons (Fsp3) is 0.526. The normalized spacial score (nSPS) is 20.4. The first-order valence-corrected chi connectivity index (χ1v) is 8.46. The van der Waals surface area contributed by atoms with E-state index in [0.29, 0.717) is 5.69 Å². The average molecular weight is 315 g/mol. The van der Waals surface area contributed by atoms with Crippen LogP contribution in [0.1, 0.15) is 65.0 Å². The average Bonchev–Trinajstić information content (AvgIpc) is 2.56. The SMILES string of the molecule is CCCCC1=C(CCCC)C(OC(C)=O)(c2ccccn2)C1=O. The van der Waals surface area contributed by atoms with Gasteiger partial charge in [-0.2, -0.15) is 0 Å². The summed E-state index contributed by atoms with van der Waals surface area (Å²) in [5.74, 6) is -0.543. The fourth-order valence-corrected chi connectivity index (χ4v) is 3.15. The molecule has 0 amide bonds. The van der Waals surface area contributed by atoms with Gasteiger partial charge in [0.15, 0.2) is 0 Å². The van der Waals surface area contributed by atoms with Crippen molar-refractivity contribution in [2.24, 2.45) is 0 Å².